The lowest BCUT2D eigenvalue weighted by Crippen LogP contribution is -2.35. The SMILES string of the molecule is Cc1ccc(-c2cc3c([nH]2)C(OC2CCN(C)CC2)c2ccccc2CN3)o1. The molecule has 0 bridgehead atoms. The van der Waals surface area contributed by atoms with E-state index in [0.717, 1.165) is 61.1 Å². The van der Waals surface area contributed by atoms with Crippen molar-refractivity contribution in [3.8, 4) is 11.5 Å². The highest BCUT2D eigenvalue weighted by Gasteiger charge is 2.30. The fourth-order valence-corrected chi connectivity index (χ4v) is 4.29. The van der Waals surface area contributed by atoms with E-state index in [-0.39, 0.29) is 12.2 Å². The van der Waals surface area contributed by atoms with E-state index in [9.17, 15) is 0 Å². The fraction of sp³-hybridized carbons (Fsp3) is 0.391. The molecule has 2 N–H and O–H groups in total. The molecule has 0 aliphatic carbocycles. The van der Waals surface area contributed by atoms with E-state index < -0.39 is 0 Å². The van der Waals surface area contributed by atoms with Crippen LogP contribution in [0, 0.1) is 6.92 Å². The smallest absolute Gasteiger partial charge is 0.150 e. The number of nitrogens with one attached hydrogen (secondary N) is 2. The Hall–Kier alpha value is -2.50. The molecule has 2 aliphatic rings. The van der Waals surface area contributed by atoms with Crippen molar-refractivity contribution in [2.24, 2.45) is 0 Å². The molecule has 28 heavy (non-hydrogen) atoms. The van der Waals surface area contributed by atoms with Gasteiger partial charge in [-0.1, -0.05) is 24.3 Å². The summed E-state index contributed by atoms with van der Waals surface area (Å²) < 4.78 is 12.6. The number of H-pyrrole nitrogens is 1. The molecule has 2 aliphatic heterocycles. The molecule has 1 saturated heterocycles. The monoisotopic (exact) mass is 377 g/mol. The summed E-state index contributed by atoms with van der Waals surface area (Å²) in [5, 5.41) is 3.59. The van der Waals surface area contributed by atoms with Gasteiger partial charge in [0.15, 0.2) is 5.76 Å². The van der Waals surface area contributed by atoms with Crippen molar-refractivity contribution >= 4 is 5.69 Å². The van der Waals surface area contributed by atoms with Crippen molar-refractivity contribution in [3.63, 3.8) is 0 Å². The molecule has 5 heteroatoms. The molecule has 1 unspecified atom stereocenters. The maximum Gasteiger partial charge on any atom is 0.150 e. The molecule has 4 heterocycles. The number of furan rings is 1. The molecule has 5 rings (SSSR count). The summed E-state index contributed by atoms with van der Waals surface area (Å²) in [6.07, 6.45) is 2.32. The zero-order valence-corrected chi connectivity index (χ0v) is 16.5. The number of benzene rings is 1. The van der Waals surface area contributed by atoms with Gasteiger partial charge in [-0.2, -0.15) is 0 Å². The second-order valence-corrected chi connectivity index (χ2v) is 7.99. The van der Waals surface area contributed by atoms with Gasteiger partial charge in [0.05, 0.1) is 23.2 Å². The number of anilines is 1. The number of fused-ring (bicyclic) bond motifs is 2. The molecule has 2 aromatic heterocycles. The number of hydrogen-bond donors (Lipinski definition) is 2. The lowest BCUT2D eigenvalue weighted by Gasteiger charge is -2.32. The molecule has 1 fully saturated rings. The number of aromatic amines is 1. The Morgan fingerprint density at radius 1 is 1.11 bits per heavy atom. The van der Waals surface area contributed by atoms with E-state index in [4.69, 9.17) is 9.15 Å². The summed E-state index contributed by atoms with van der Waals surface area (Å²) in [6, 6.07) is 14.8. The lowest BCUT2D eigenvalue weighted by molar-refractivity contribution is -0.0246. The Morgan fingerprint density at radius 2 is 1.93 bits per heavy atom. The average Bonchev–Trinajstić information content (AvgIpc) is 3.29. The second kappa shape index (κ2) is 7.15. The Bertz CT molecular complexity index is 966. The van der Waals surface area contributed by atoms with Gasteiger partial charge in [-0.3, -0.25) is 0 Å². The summed E-state index contributed by atoms with van der Waals surface area (Å²) in [5.41, 5.74) is 5.71. The van der Waals surface area contributed by atoms with E-state index in [0.29, 0.717) is 0 Å². The molecule has 0 spiro atoms. The summed E-state index contributed by atoms with van der Waals surface area (Å²) >= 11 is 0. The molecular weight excluding hydrogens is 350 g/mol. The van der Waals surface area contributed by atoms with Crippen LogP contribution in [0.2, 0.25) is 0 Å². The van der Waals surface area contributed by atoms with E-state index in [1.807, 2.05) is 19.1 Å². The highest BCUT2D eigenvalue weighted by Crippen LogP contribution is 2.40. The molecule has 0 saturated carbocycles. The molecule has 1 aromatic carbocycles. The molecular formula is C23H27N3O2. The van der Waals surface area contributed by atoms with Crippen LogP contribution in [-0.2, 0) is 11.3 Å². The van der Waals surface area contributed by atoms with Gasteiger partial charge in [0.1, 0.15) is 11.9 Å². The van der Waals surface area contributed by atoms with E-state index in [1.165, 1.54) is 11.1 Å². The normalized spacial score (nSPS) is 20.3. The van der Waals surface area contributed by atoms with Crippen LogP contribution in [0.1, 0.15) is 41.5 Å². The number of rotatable bonds is 3. The van der Waals surface area contributed by atoms with Crippen LogP contribution in [0.25, 0.3) is 11.5 Å². The first-order valence-electron chi connectivity index (χ1n) is 10.1. The lowest BCUT2D eigenvalue weighted by atomic mass is 10.00. The van der Waals surface area contributed by atoms with Crippen LogP contribution in [-0.4, -0.2) is 36.1 Å². The maximum atomic E-state index is 6.74. The third kappa shape index (κ3) is 3.25. The number of nitrogens with zero attached hydrogens (tertiary/aromatic N) is 1. The zero-order valence-electron chi connectivity index (χ0n) is 16.5. The van der Waals surface area contributed by atoms with Crippen molar-refractivity contribution in [2.75, 3.05) is 25.5 Å². The third-order valence-electron chi connectivity index (χ3n) is 5.92. The predicted molar refractivity (Wildman–Crippen MR) is 110 cm³/mol. The van der Waals surface area contributed by atoms with Gasteiger partial charge in [0, 0.05) is 19.6 Å². The molecule has 146 valence electrons. The van der Waals surface area contributed by atoms with Gasteiger partial charge in [-0.25, -0.2) is 0 Å². The number of aromatic nitrogens is 1. The van der Waals surface area contributed by atoms with Crippen LogP contribution >= 0.6 is 0 Å². The zero-order chi connectivity index (χ0) is 19.1. The third-order valence-corrected chi connectivity index (χ3v) is 5.92. The first-order chi connectivity index (χ1) is 13.7. The molecule has 5 nitrogen and oxygen atoms in total. The average molecular weight is 377 g/mol. The summed E-state index contributed by atoms with van der Waals surface area (Å²) in [4.78, 5) is 5.98. The topological polar surface area (TPSA) is 53.4 Å². The van der Waals surface area contributed by atoms with Crippen LogP contribution < -0.4 is 5.32 Å². The quantitative estimate of drug-likeness (QED) is 0.694. The molecule has 0 amide bonds. The first-order valence-corrected chi connectivity index (χ1v) is 10.1. The minimum absolute atomic E-state index is 0.0978. The summed E-state index contributed by atoms with van der Waals surface area (Å²) in [5.74, 6) is 1.77. The van der Waals surface area contributed by atoms with Crippen molar-refractivity contribution in [2.45, 2.75) is 38.5 Å². The Kier molecular flexibility index (Phi) is 4.49. The second-order valence-electron chi connectivity index (χ2n) is 7.99. The van der Waals surface area contributed by atoms with Crippen LogP contribution in [0.15, 0.2) is 46.9 Å². The van der Waals surface area contributed by atoms with Crippen molar-refractivity contribution < 1.29 is 9.15 Å². The highest BCUT2D eigenvalue weighted by molar-refractivity contribution is 5.67. The Morgan fingerprint density at radius 3 is 2.71 bits per heavy atom. The fourth-order valence-electron chi connectivity index (χ4n) is 4.29. The standard InChI is InChI=1S/C23H27N3O2/c1-15-7-8-21(27-15)19-13-20-22(25-19)23(28-17-9-11-26(2)12-10-17)18-6-4-3-5-16(18)14-24-20/h3-8,13,17,23-25H,9-12,14H2,1-2H3. The van der Waals surface area contributed by atoms with Crippen molar-refractivity contribution in [1.82, 2.24) is 9.88 Å². The molecule has 1 atom stereocenters. The van der Waals surface area contributed by atoms with Crippen LogP contribution in [0.4, 0.5) is 5.69 Å². The summed E-state index contributed by atoms with van der Waals surface area (Å²) in [7, 11) is 2.18. The van der Waals surface area contributed by atoms with Gasteiger partial charge in [0.2, 0.25) is 0 Å². The van der Waals surface area contributed by atoms with Gasteiger partial charge >= 0.3 is 0 Å². The van der Waals surface area contributed by atoms with E-state index in [1.54, 1.807) is 0 Å². The largest absolute Gasteiger partial charge is 0.460 e. The highest BCUT2D eigenvalue weighted by atomic mass is 16.5. The number of piperidine rings is 1. The number of likely N-dealkylation sites (tertiary alicyclic amines) is 1. The van der Waals surface area contributed by atoms with Crippen LogP contribution in [0.5, 0.6) is 0 Å². The summed E-state index contributed by atoms with van der Waals surface area (Å²) in [6.45, 7) is 4.94. The Balaban J connectivity index is 1.53. The predicted octanol–water partition coefficient (Wildman–Crippen LogP) is 4.71. The number of aryl methyl sites for hydroxylation is 1. The van der Waals surface area contributed by atoms with Gasteiger partial charge in [0.25, 0.3) is 0 Å². The first kappa shape index (κ1) is 17.6. The minimum atomic E-state index is -0.0978. The number of ether oxygens (including phenoxy) is 1. The van der Waals surface area contributed by atoms with E-state index in [2.05, 4.69) is 52.6 Å². The molecule has 0 radical (unpaired) electrons. The van der Waals surface area contributed by atoms with Gasteiger partial charge < -0.3 is 24.4 Å². The van der Waals surface area contributed by atoms with Gasteiger partial charge in [-0.05, 0) is 56.1 Å². The Labute approximate surface area is 165 Å². The minimum Gasteiger partial charge on any atom is -0.460 e. The van der Waals surface area contributed by atoms with Crippen molar-refractivity contribution in [1.29, 1.82) is 0 Å². The van der Waals surface area contributed by atoms with Crippen molar-refractivity contribution in [3.05, 3.63) is 65.0 Å². The van der Waals surface area contributed by atoms with E-state index >= 15 is 0 Å². The van der Waals surface area contributed by atoms with Crippen LogP contribution in [0.3, 0.4) is 0 Å². The maximum absolute atomic E-state index is 6.74. The van der Waals surface area contributed by atoms with Gasteiger partial charge in [-0.15, -0.1) is 0 Å². The molecule has 3 aromatic rings. The number of hydrogen-bond acceptors (Lipinski definition) is 4.